The molecular formula is C9H8Cl2N4O2. The van der Waals surface area contributed by atoms with Gasteiger partial charge in [0.1, 0.15) is 12.0 Å². The quantitative estimate of drug-likeness (QED) is 0.801. The second kappa shape index (κ2) is 4.46. The summed E-state index contributed by atoms with van der Waals surface area (Å²) in [5.74, 6) is -1.33. The van der Waals surface area contributed by atoms with E-state index in [1.807, 2.05) is 0 Å². The Labute approximate surface area is 107 Å². The van der Waals surface area contributed by atoms with Crippen molar-refractivity contribution in [1.29, 1.82) is 0 Å². The molecule has 2 N–H and O–H groups in total. The number of halogens is 2. The second-order valence-electron chi connectivity index (χ2n) is 3.61. The summed E-state index contributed by atoms with van der Waals surface area (Å²) in [4.78, 5) is 31.6. The van der Waals surface area contributed by atoms with Crippen LogP contribution >= 0.6 is 23.2 Å². The van der Waals surface area contributed by atoms with E-state index in [9.17, 15) is 9.59 Å². The molecule has 2 heterocycles. The molecule has 0 spiro atoms. The van der Waals surface area contributed by atoms with Gasteiger partial charge in [-0.3, -0.25) is 9.59 Å². The maximum absolute atomic E-state index is 11.7. The fourth-order valence-electron chi connectivity index (χ4n) is 1.67. The number of nitrogens with two attached hydrogens (primary N) is 1. The number of aromatic nitrogens is 2. The first-order valence-corrected chi connectivity index (χ1v) is 5.52. The van der Waals surface area contributed by atoms with Crippen LogP contribution < -0.4 is 10.6 Å². The van der Waals surface area contributed by atoms with Crippen LogP contribution in [0.1, 0.15) is 6.42 Å². The molecule has 0 saturated carbocycles. The van der Waals surface area contributed by atoms with E-state index in [1.165, 1.54) is 11.2 Å². The summed E-state index contributed by atoms with van der Waals surface area (Å²) >= 11 is 11.7. The highest BCUT2D eigenvalue weighted by atomic mass is 35.5. The van der Waals surface area contributed by atoms with Crippen molar-refractivity contribution >= 4 is 40.7 Å². The van der Waals surface area contributed by atoms with Crippen LogP contribution in [0.15, 0.2) is 6.33 Å². The van der Waals surface area contributed by atoms with E-state index in [0.717, 1.165) is 0 Å². The van der Waals surface area contributed by atoms with Gasteiger partial charge < -0.3 is 10.6 Å². The van der Waals surface area contributed by atoms with Crippen molar-refractivity contribution in [3.8, 4) is 0 Å². The van der Waals surface area contributed by atoms with Gasteiger partial charge >= 0.3 is 0 Å². The Morgan fingerprint density at radius 2 is 2.00 bits per heavy atom. The summed E-state index contributed by atoms with van der Waals surface area (Å²) in [6, 6.07) is 0. The van der Waals surface area contributed by atoms with Crippen molar-refractivity contribution in [2.45, 2.75) is 6.42 Å². The maximum Gasteiger partial charge on any atom is 0.228 e. The number of primary amides is 1. The molecule has 1 aromatic rings. The molecule has 0 aromatic carbocycles. The van der Waals surface area contributed by atoms with Gasteiger partial charge in [0, 0.05) is 13.0 Å². The summed E-state index contributed by atoms with van der Waals surface area (Å²) in [6.07, 6.45) is 1.25. The fourth-order valence-corrected chi connectivity index (χ4v) is 2.19. The zero-order valence-electron chi connectivity index (χ0n) is 8.56. The van der Waals surface area contributed by atoms with Gasteiger partial charge in [0.05, 0.1) is 5.92 Å². The summed E-state index contributed by atoms with van der Waals surface area (Å²) in [6.45, 7) is 0.154. The molecule has 1 aliphatic rings. The molecule has 2 rings (SSSR count). The number of carbonyl (C=O) groups excluding carboxylic acids is 2. The Kier molecular flexibility index (Phi) is 3.17. The van der Waals surface area contributed by atoms with Gasteiger partial charge in [-0.2, -0.15) is 0 Å². The summed E-state index contributed by atoms with van der Waals surface area (Å²) in [5.41, 5.74) is 5.39. The average molecular weight is 275 g/mol. The number of rotatable bonds is 2. The molecule has 17 heavy (non-hydrogen) atoms. The standard InChI is InChI=1S/C9H8Cl2N4O2/c10-7-6(8(11)14-3-13-7)15-2-4(9(12)17)1-5(15)16/h3-4H,1-2H2,(H2,12,17). The first-order chi connectivity index (χ1) is 8.00. The number of nitrogens with zero attached hydrogens (tertiary/aromatic N) is 3. The van der Waals surface area contributed by atoms with Gasteiger partial charge in [-0.05, 0) is 0 Å². The van der Waals surface area contributed by atoms with Gasteiger partial charge in [-0.15, -0.1) is 0 Å². The minimum Gasteiger partial charge on any atom is -0.369 e. The number of anilines is 1. The first kappa shape index (κ1) is 12.1. The maximum atomic E-state index is 11.7. The normalized spacial score (nSPS) is 19.8. The van der Waals surface area contributed by atoms with Crippen molar-refractivity contribution in [1.82, 2.24) is 9.97 Å². The molecule has 1 aromatic heterocycles. The monoisotopic (exact) mass is 274 g/mol. The van der Waals surface area contributed by atoms with E-state index in [0.29, 0.717) is 0 Å². The lowest BCUT2D eigenvalue weighted by Gasteiger charge is -2.17. The summed E-state index contributed by atoms with van der Waals surface area (Å²) < 4.78 is 0. The van der Waals surface area contributed by atoms with Crippen LogP contribution in [0, 0.1) is 5.92 Å². The highest BCUT2D eigenvalue weighted by Crippen LogP contribution is 2.34. The zero-order valence-corrected chi connectivity index (χ0v) is 10.1. The molecule has 1 fully saturated rings. The molecular weight excluding hydrogens is 267 g/mol. The topological polar surface area (TPSA) is 89.2 Å². The van der Waals surface area contributed by atoms with Gasteiger partial charge in [0.15, 0.2) is 10.3 Å². The van der Waals surface area contributed by atoms with E-state index >= 15 is 0 Å². The third kappa shape index (κ3) is 2.18. The van der Waals surface area contributed by atoms with E-state index < -0.39 is 11.8 Å². The molecule has 0 aliphatic carbocycles. The Hall–Kier alpha value is -1.40. The van der Waals surface area contributed by atoms with Crippen molar-refractivity contribution in [2.75, 3.05) is 11.4 Å². The van der Waals surface area contributed by atoms with E-state index in [-0.39, 0.29) is 34.9 Å². The lowest BCUT2D eigenvalue weighted by atomic mass is 10.1. The summed E-state index contributed by atoms with van der Waals surface area (Å²) in [5, 5.41) is 0.145. The zero-order chi connectivity index (χ0) is 12.6. The molecule has 6 nitrogen and oxygen atoms in total. The molecule has 1 saturated heterocycles. The Morgan fingerprint density at radius 3 is 2.47 bits per heavy atom. The summed E-state index contributed by atoms with van der Waals surface area (Å²) in [7, 11) is 0. The van der Waals surface area contributed by atoms with Crippen molar-refractivity contribution in [3.05, 3.63) is 16.6 Å². The van der Waals surface area contributed by atoms with Gasteiger partial charge in [-0.25, -0.2) is 9.97 Å². The number of hydrogen-bond acceptors (Lipinski definition) is 4. The average Bonchev–Trinajstić information content (AvgIpc) is 2.61. The van der Waals surface area contributed by atoms with Crippen LogP contribution in [0.4, 0.5) is 5.69 Å². The van der Waals surface area contributed by atoms with E-state index in [1.54, 1.807) is 0 Å². The largest absolute Gasteiger partial charge is 0.369 e. The highest BCUT2D eigenvalue weighted by Gasteiger charge is 2.36. The molecule has 2 amide bonds. The van der Waals surface area contributed by atoms with Gasteiger partial charge in [-0.1, -0.05) is 23.2 Å². The number of carbonyl (C=O) groups is 2. The van der Waals surface area contributed by atoms with Crippen molar-refractivity contribution in [2.24, 2.45) is 11.7 Å². The molecule has 90 valence electrons. The molecule has 1 aliphatic heterocycles. The van der Waals surface area contributed by atoms with Crippen LogP contribution in [-0.4, -0.2) is 28.3 Å². The van der Waals surface area contributed by atoms with Gasteiger partial charge in [0.2, 0.25) is 11.8 Å². The SMILES string of the molecule is NC(=O)C1CC(=O)N(c2c(Cl)ncnc2Cl)C1. The van der Waals surface area contributed by atoms with Gasteiger partial charge in [0.25, 0.3) is 0 Å². The fraction of sp³-hybridized carbons (Fsp3) is 0.333. The smallest absolute Gasteiger partial charge is 0.228 e. The molecule has 8 heteroatoms. The van der Waals surface area contributed by atoms with Crippen molar-refractivity contribution in [3.63, 3.8) is 0 Å². The van der Waals surface area contributed by atoms with Crippen LogP contribution in [0.3, 0.4) is 0 Å². The van der Waals surface area contributed by atoms with E-state index in [2.05, 4.69) is 9.97 Å². The molecule has 1 atom stereocenters. The predicted octanol–water partition coefficient (Wildman–Crippen LogP) is 0.622. The van der Waals surface area contributed by atoms with Crippen LogP contribution in [-0.2, 0) is 9.59 Å². The third-order valence-electron chi connectivity index (χ3n) is 2.53. The first-order valence-electron chi connectivity index (χ1n) is 4.76. The number of amides is 2. The minimum absolute atomic E-state index is 0.0525. The Bertz CT molecular complexity index is 474. The lowest BCUT2D eigenvalue weighted by Crippen LogP contribution is -2.29. The van der Waals surface area contributed by atoms with Crippen molar-refractivity contribution < 1.29 is 9.59 Å². The lowest BCUT2D eigenvalue weighted by molar-refractivity contribution is -0.123. The Morgan fingerprint density at radius 1 is 1.41 bits per heavy atom. The number of hydrogen-bond donors (Lipinski definition) is 1. The van der Waals surface area contributed by atoms with E-state index in [4.69, 9.17) is 28.9 Å². The predicted molar refractivity (Wildman–Crippen MR) is 61.7 cm³/mol. The third-order valence-corrected chi connectivity index (χ3v) is 3.08. The minimum atomic E-state index is -0.533. The van der Waals surface area contributed by atoms with Crippen LogP contribution in [0.25, 0.3) is 0 Å². The van der Waals surface area contributed by atoms with Crippen LogP contribution in [0.2, 0.25) is 10.3 Å². The Balaban J connectivity index is 2.35. The molecule has 0 bridgehead atoms. The molecule has 0 radical (unpaired) electrons. The molecule has 1 unspecified atom stereocenters. The highest BCUT2D eigenvalue weighted by molar-refractivity contribution is 6.38. The van der Waals surface area contributed by atoms with Crippen LogP contribution in [0.5, 0.6) is 0 Å². The second-order valence-corrected chi connectivity index (χ2v) is 4.33.